The lowest BCUT2D eigenvalue weighted by atomic mass is 10.1. The van der Waals surface area contributed by atoms with Gasteiger partial charge in [0.1, 0.15) is 5.75 Å². The number of nitrogens with one attached hydrogen (secondary N) is 1. The normalized spacial score (nSPS) is 10.8. The number of unbranched alkanes of at least 4 members (excludes halogenated alkanes) is 5. The highest BCUT2D eigenvalue weighted by molar-refractivity contribution is 9.11. The summed E-state index contributed by atoms with van der Waals surface area (Å²) in [5.41, 5.74) is 0.870. The topological polar surface area (TPSA) is 69.6 Å². The van der Waals surface area contributed by atoms with Crippen LogP contribution in [0.4, 0.5) is 0 Å². The standard InChI is InChI=1S/C16H23Br2NO3/c17-13-9-12(16(22)14(18)10-13)11-19-8-6-4-2-1-3-5-7-15(20)21/h9-10,19,22H,1-8,11H2,(H,20,21). The molecule has 0 unspecified atom stereocenters. The van der Waals surface area contributed by atoms with Crippen LogP contribution in [0.15, 0.2) is 21.1 Å². The summed E-state index contributed by atoms with van der Waals surface area (Å²) in [4.78, 5) is 10.4. The molecule has 1 aromatic rings. The summed E-state index contributed by atoms with van der Waals surface area (Å²) >= 11 is 6.74. The first-order valence-corrected chi connectivity index (χ1v) is 9.18. The average molecular weight is 437 g/mol. The van der Waals surface area contributed by atoms with E-state index in [9.17, 15) is 9.90 Å². The Balaban J connectivity index is 2.05. The quantitative estimate of drug-likeness (QED) is 0.435. The lowest BCUT2D eigenvalue weighted by Crippen LogP contribution is -2.14. The van der Waals surface area contributed by atoms with Crippen LogP contribution in [0.3, 0.4) is 0 Å². The Labute approximate surface area is 148 Å². The van der Waals surface area contributed by atoms with Crippen molar-refractivity contribution in [3.8, 4) is 5.75 Å². The highest BCUT2D eigenvalue weighted by Gasteiger charge is 2.06. The first-order valence-electron chi connectivity index (χ1n) is 7.60. The number of aromatic hydroxyl groups is 1. The van der Waals surface area contributed by atoms with Crippen molar-refractivity contribution in [3.63, 3.8) is 0 Å². The molecular weight excluding hydrogens is 414 g/mol. The number of hydrogen-bond donors (Lipinski definition) is 3. The number of carbonyl (C=O) groups is 1. The van der Waals surface area contributed by atoms with Gasteiger partial charge in [-0.15, -0.1) is 0 Å². The van der Waals surface area contributed by atoms with E-state index >= 15 is 0 Å². The van der Waals surface area contributed by atoms with Crippen LogP contribution in [-0.2, 0) is 11.3 Å². The zero-order chi connectivity index (χ0) is 16.4. The van der Waals surface area contributed by atoms with E-state index in [2.05, 4.69) is 37.2 Å². The Kier molecular flexibility index (Phi) is 9.75. The largest absolute Gasteiger partial charge is 0.506 e. The third-order valence-electron chi connectivity index (χ3n) is 3.42. The Bertz CT molecular complexity index is 481. The maximum absolute atomic E-state index is 10.4. The maximum Gasteiger partial charge on any atom is 0.303 e. The number of carboxylic acids is 1. The predicted octanol–water partition coefficient (Wildman–Crippen LogP) is 4.82. The van der Waals surface area contributed by atoms with E-state index in [1.807, 2.05) is 12.1 Å². The summed E-state index contributed by atoms with van der Waals surface area (Å²) in [5, 5.41) is 21.8. The molecule has 0 fully saturated rings. The van der Waals surface area contributed by atoms with E-state index in [0.717, 1.165) is 55.1 Å². The van der Waals surface area contributed by atoms with Gasteiger partial charge in [0.2, 0.25) is 0 Å². The fourth-order valence-electron chi connectivity index (χ4n) is 2.21. The summed E-state index contributed by atoms with van der Waals surface area (Å²) in [6.45, 7) is 1.56. The third kappa shape index (κ3) is 8.15. The number of benzene rings is 1. The van der Waals surface area contributed by atoms with Gasteiger partial charge in [-0.2, -0.15) is 0 Å². The van der Waals surface area contributed by atoms with E-state index in [0.29, 0.717) is 11.0 Å². The molecule has 0 saturated carbocycles. The fourth-order valence-corrected chi connectivity index (χ4v) is 3.52. The van der Waals surface area contributed by atoms with Gasteiger partial charge in [0.15, 0.2) is 0 Å². The molecule has 1 rings (SSSR count). The summed E-state index contributed by atoms with van der Waals surface area (Å²) in [6.07, 6.45) is 6.56. The average Bonchev–Trinajstić information content (AvgIpc) is 2.45. The molecule has 0 radical (unpaired) electrons. The predicted molar refractivity (Wildman–Crippen MR) is 95.2 cm³/mol. The number of halogens is 2. The molecule has 1 aromatic carbocycles. The second kappa shape index (κ2) is 11.0. The summed E-state index contributed by atoms with van der Waals surface area (Å²) in [6, 6.07) is 3.73. The van der Waals surface area contributed by atoms with Gasteiger partial charge in [-0.05, 0) is 47.4 Å². The molecular formula is C16H23Br2NO3. The van der Waals surface area contributed by atoms with Crippen LogP contribution in [0, 0.1) is 0 Å². The van der Waals surface area contributed by atoms with Gasteiger partial charge in [0, 0.05) is 23.0 Å². The zero-order valence-electron chi connectivity index (χ0n) is 12.6. The number of carboxylic acid groups (broad SMARTS) is 1. The monoisotopic (exact) mass is 435 g/mol. The van der Waals surface area contributed by atoms with Gasteiger partial charge >= 0.3 is 5.97 Å². The van der Waals surface area contributed by atoms with Gasteiger partial charge in [-0.3, -0.25) is 4.79 Å². The first kappa shape index (κ1) is 19.5. The number of rotatable bonds is 11. The highest BCUT2D eigenvalue weighted by atomic mass is 79.9. The van der Waals surface area contributed by atoms with Crippen molar-refractivity contribution in [2.24, 2.45) is 0 Å². The zero-order valence-corrected chi connectivity index (χ0v) is 15.7. The minimum absolute atomic E-state index is 0.285. The summed E-state index contributed by atoms with van der Waals surface area (Å²) in [7, 11) is 0. The van der Waals surface area contributed by atoms with Crippen LogP contribution in [0.25, 0.3) is 0 Å². The Morgan fingerprint density at radius 3 is 2.36 bits per heavy atom. The van der Waals surface area contributed by atoms with Crippen molar-refractivity contribution in [1.29, 1.82) is 0 Å². The van der Waals surface area contributed by atoms with Crippen molar-refractivity contribution in [2.45, 2.75) is 51.5 Å². The first-order chi connectivity index (χ1) is 10.5. The number of phenols is 1. The molecule has 3 N–H and O–H groups in total. The van der Waals surface area contributed by atoms with Gasteiger partial charge in [0.05, 0.1) is 4.47 Å². The lowest BCUT2D eigenvalue weighted by molar-refractivity contribution is -0.137. The minimum atomic E-state index is -0.702. The Hall–Kier alpha value is -0.590. The smallest absolute Gasteiger partial charge is 0.303 e. The molecule has 0 amide bonds. The molecule has 6 heteroatoms. The van der Waals surface area contributed by atoms with Crippen molar-refractivity contribution in [1.82, 2.24) is 5.32 Å². The van der Waals surface area contributed by atoms with Gasteiger partial charge < -0.3 is 15.5 Å². The molecule has 0 atom stereocenters. The third-order valence-corrected chi connectivity index (χ3v) is 4.48. The van der Waals surface area contributed by atoms with E-state index in [1.54, 1.807) is 0 Å². The van der Waals surface area contributed by atoms with Gasteiger partial charge in [-0.1, -0.05) is 41.6 Å². The molecule has 0 aliphatic carbocycles. The second-order valence-electron chi connectivity index (χ2n) is 5.34. The van der Waals surface area contributed by atoms with Gasteiger partial charge in [0.25, 0.3) is 0 Å². The molecule has 22 heavy (non-hydrogen) atoms. The molecule has 4 nitrogen and oxygen atoms in total. The Morgan fingerprint density at radius 2 is 1.68 bits per heavy atom. The van der Waals surface area contributed by atoms with Crippen LogP contribution in [-0.4, -0.2) is 22.7 Å². The molecule has 0 saturated heterocycles. The fraction of sp³-hybridized carbons (Fsp3) is 0.562. The molecule has 0 heterocycles. The van der Waals surface area contributed by atoms with Crippen molar-refractivity contribution in [3.05, 3.63) is 26.6 Å². The number of phenolic OH excluding ortho intramolecular Hbond substituents is 1. The van der Waals surface area contributed by atoms with E-state index in [4.69, 9.17) is 5.11 Å². The lowest BCUT2D eigenvalue weighted by Gasteiger charge is -2.09. The molecule has 0 aliphatic heterocycles. The van der Waals surface area contributed by atoms with Crippen LogP contribution in [0.5, 0.6) is 5.75 Å². The van der Waals surface area contributed by atoms with Crippen LogP contribution in [0.2, 0.25) is 0 Å². The van der Waals surface area contributed by atoms with E-state index in [-0.39, 0.29) is 12.2 Å². The maximum atomic E-state index is 10.4. The van der Waals surface area contributed by atoms with Crippen molar-refractivity contribution < 1.29 is 15.0 Å². The molecule has 0 aliphatic rings. The summed E-state index contributed by atoms with van der Waals surface area (Å²) < 4.78 is 1.63. The minimum Gasteiger partial charge on any atom is -0.506 e. The molecule has 0 bridgehead atoms. The Morgan fingerprint density at radius 1 is 1.05 bits per heavy atom. The highest BCUT2D eigenvalue weighted by Crippen LogP contribution is 2.31. The SMILES string of the molecule is O=C(O)CCCCCCCCNCc1cc(Br)cc(Br)c1O. The van der Waals surface area contributed by atoms with Crippen LogP contribution >= 0.6 is 31.9 Å². The summed E-state index contributed by atoms with van der Waals surface area (Å²) in [5.74, 6) is -0.416. The van der Waals surface area contributed by atoms with Crippen molar-refractivity contribution in [2.75, 3.05) is 6.54 Å². The second-order valence-corrected chi connectivity index (χ2v) is 7.11. The van der Waals surface area contributed by atoms with Gasteiger partial charge in [-0.25, -0.2) is 0 Å². The van der Waals surface area contributed by atoms with Crippen LogP contribution in [0.1, 0.15) is 50.5 Å². The van der Waals surface area contributed by atoms with Crippen LogP contribution < -0.4 is 5.32 Å². The van der Waals surface area contributed by atoms with Crippen molar-refractivity contribution >= 4 is 37.8 Å². The molecule has 0 spiro atoms. The number of hydrogen-bond acceptors (Lipinski definition) is 3. The molecule has 0 aromatic heterocycles. The number of aliphatic carboxylic acids is 1. The molecule has 124 valence electrons. The van der Waals surface area contributed by atoms with E-state index in [1.165, 1.54) is 0 Å². The van der Waals surface area contributed by atoms with E-state index < -0.39 is 5.97 Å².